The van der Waals surface area contributed by atoms with Gasteiger partial charge in [0.1, 0.15) is 17.3 Å². The fourth-order valence-corrected chi connectivity index (χ4v) is 1.86. The first-order valence-corrected chi connectivity index (χ1v) is 5.51. The zero-order valence-corrected chi connectivity index (χ0v) is 10.4. The summed E-state index contributed by atoms with van der Waals surface area (Å²) in [5.74, 6) is 1.59. The maximum atomic E-state index is 6.06. The molecule has 0 aliphatic carbocycles. The molecule has 0 saturated heterocycles. The third kappa shape index (κ3) is 2.03. The van der Waals surface area contributed by atoms with Crippen LogP contribution in [0, 0.1) is 6.92 Å². The topological polar surface area (TPSA) is 53.1 Å². The van der Waals surface area contributed by atoms with Gasteiger partial charge in [0.15, 0.2) is 0 Å². The van der Waals surface area contributed by atoms with Gasteiger partial charge in [-0.05, 0) is 12.5 Å². The Balaban J connectivity index is 2.56. The van der Waals surface area contributed by atoms with E-state index in [1.54, 1.807) is 7.11 Å². The lowest BCUT2D eigenvalue weighted by Crippen LogP contribution is -1.99. The quantitative estimate of drug-likeness (QED) is 0.880. The number of methoxy groups -OCH3 is 1. The Kier molecular flexibility index (Phi) is 3.15. The highest BCUT2D eigenvalue weighted by atomic mass is 16.5. The molecule has 1 aromatic carbocycles. The van der Waals surface area contributed by atoms with Crippen LogP contribution >= 0.6 is 0 Å². The molecule has 4 nitrogen and oxygen atoms in total. The number of ether oxygens (including phenoxy) is 1. The van der Waals surface area contributed by atoms with Crippen LogP contribution in [0.3, 0.4) is 0 Å². The van der Waals surface area contributed by atoms with Gasteiger partial charge < -0.3 is 15.0 Å². The number of rotatable bonds is 3. The number of nitrogen functional groups attached to an aromatic ring is 1. The third-order valence-electron chi connectivity index (χ3n) is 2.94. The van der Waals surface area contributed by atoms with E-state index in [-0.39, 0.29) is 0 Å². The Morgan fingerprint density at radius 3 is 2.65 bits per heavy atom. The molecule has 0 saturated carbocycles. The van der Waals surface area contributed by atoms with E-state index in [9.17, 15) is 0 Å². The molecule has 0 aliphatic heterocycles. The summed E-state index contributed by atoms with van der Waals surface area (Å²) in [5.41, 5.74) is 9.03. The van der Waals surface area contributed by atoms with E-state index in [1.165, 1.54) is 0 Å². The smallest absolute Gasteiger partial charge is 0.131 e. The van der Waals surface area contributed by atoms with E-state index in [0.29, 0.717) is 12.4 Å². The average Bonchev–Trinajstić information content (AvgIpc) is 2.58. The summed E-state index contributed by atoms with van der Waals surface area (Å²) in [6, 6.07) is 8.02. The van der Waals surface area contributed by atoms with Crippen molar-refractivity contribution in [2.45, 2.75) is 13.5 Å². The molecule has 0 spiro atoms. The molecule has 0 fully saturated rings. The highest BCUT2D eigenvalue weighted by molar-refractivity contribution is 5.73. The van der Waals surface area contributed by atoms with Gasteiger partial charge in [-0.25, -0.2) is 4.98 Å². The van der Waals surface area contributed by atoms with Crippen molar-refractivity contribution in [1.29, 1.82) is 0 Å². The van der Waals surface area contributed by atoms with E-state index >= 15 is 0 Å². The van der Waals surface area contributed by atoms with Crippen molar-refractivity contribution in [2.24, 2.45) is 7.05 Å². The molecule has 90 valence electrons. The number of aromatic nitrogens is 2. The largest absolute Gasteiger partial charge is 0.383 e. The molecule has 4 heteroatoms. The Morgan fingerprint density at radius 2 is 2.06 bits per heavy atom. The Hall–Kier alpha value is -1.81. The molecule has 2 N–H and O–H groups in total. The van der Waals surface area contributed by atoms with Crippen LogP contribution in [-0.4, -0.2) is 16.7 Å². The van der Waals surface area contributed by atoms with Crippen LogP contribution in [0.25, 0.3) is 11.3 Å². The number of imidazole rings is 1. The van der Waals surface area contributed by atoms with Crippen LogP contribution in [0.2, 0.25) is 0 Å². The molecule has 0 aliphatic rings. The van der Waals surface area contributed by atoms with Crippen molar-refractivity contribution in [3.8, 4) is 11.3 Å². The molecule has 2 aromatic rings. The Bertz CT molecular complexity index is 531. The lowest BCUT2D eigenvalue weighted by atomic mass is 10.1. The monoisotopic (exact) mass is 231 g/mol. The van der Waals surface area contributed by atoms with Gasteiger partial charge in [-0.15, -0.1) is 0 Å². The van der Waals surface area contributed by atoms with Crippen LogP contribution in [0.15, 0.2) is 24.3 Å². The van der Waals surface area contributed by atoms with Crippen LogP contribution < -0.4 is 5.73 Å². The van der Waals surface area contributed by atoms with Crippen molar-refractivity contribution in [3.63, 3.8) is 0 Å². The molecule has 17 heavy (non-hydrogen) atoms. The second kappa shape index (κ2) is 4.59. The number of anilines is 1. The first-order valence-electron chi connectivity index (χ1n) is 5.51. The second-order valence-corrected chi connectivity index (χ2v) is 4.04. The summed E-state index contributed by atoms with van der Waals surface area (Å²) in [6.07, 6.45) is 0. The summed E-state index contributed by atoms with van der Waals surface area (Å²) >= 11 is 0. The summed E-state index contributed by atoms with van der Waals surface area (Å²) in [5, 5.41) is 0. The molecule has 0 radical (unpaired) electrons. The summed E-state index contributed by atoms with van der Waals surface area (Å²) in [6.45, 7) is 2.50. The molecular formula is C13H17N3O. The maximum Gasteiger partial charge on any atom is 0.131 e. The van der Waals surface area contributed by atoms with Crippen LogP contribution in [0.5, 0.6) is 0 Å². The number of hydrogen-bond acceptors (Lipinski definition) is 3. The molecule has 1 aromatic heterocycles. The van der Waals surface area contributed by atoms with Gasteiger partial charge in [0.2, 0.25) is 0 Å². The van der Waals surface area contributed by atoms with Gasteiger partial charge in [-0.3, -0.25) is 0 Å². The second-order valence-electron chi connectivity index (χ2n) is 4.04. The molecule has 0 amide bonds. The molecule has 0 bridgehead atoms. The fraction of sp³-hybridized carbons (Fsp3) is 0.308. The maximum absolute atomic E-state index is 6.06. The highest BCUT2D eigenvalue weighted by Crippen LogP contribution is 2.28. The zero-order chi connectivity index (χ0) is 12.4. The van der Waals surface area contributed by atoms with Crippen molar-refractivity contribution in [3.05, 3.63) is 35.7 Å². The van der Waals surface area contributed by atoms with Crippen molar-refractivity contribution in [2.75, 3.05) is 12.8 Å². The molecule has 1 heterocycles. The van der Waals surface area contributed by atoms with E-state index in [0.717, 1.165) is 22.6 Å². The van der Waals surface area contributed by atoms with E-state index in [4.69, 9.17) is 10.5 Å². The third-order valence-corrected chi connectivity index (χ3v) is 2.94. The van der Waals surface area contributed by atoms with E-state index < -0.39 is 0 Å². The first kappa shape index (κ1) is 11.7. The SMILES string of the molecule is COCc1ccccc1-c1nc(C)n(C)c1N. The van der Waals surface area contributed by atoms with Gasteiger partial charge in [0.25, 0.3) is 0 Å². The van der Waals surface area contributed by atoms with Gasteiger partial charge >= 0.3 is 0 Å². The first-order chi connectivity index (χ1) is 8.15. The van der Waals surface area contributed by atoms with Gasteiger partial charge in [0, 0.05) is 19.7 Å². The molecule has 2 rings (SSSR count). The van der Waals surface area contributed by atoms with Gasteiger partial charge in [-0.1, -0.05) is 24.3 Å². The van der Waals surface area contributed by atoms with Crippen molar-refractivity contribution in [1.82, 2.24) is 9.55 Å². The summed E-state index contributed by atoms with van der Waals surface area (Å²) < 4.78 is 7.08. The standard InChI is InChI=1S/C13H17N3O/c1-9-15-12(13(14)16(9)2)11-7-5-4-6-10(11)8-17-3/h4-7H,8,14H2,1-3H3. The normalized spacial score (nSPS) is 10.8. The minimum atomic E-state index is 0.561. The number of benzene rings is 1. The van der Waals surface area contributed by atoms with E-state index in [1.807, 2.05) is 42.8 Å². The number of nitrogens with zero attached hydrogens (tertiary/aromatic N) is 2. The summed E-state index contributed by atoms with van der Waals surface area (Å²) in [7, 11) is 3.60. The molecular weight excluding hydrogens is 214 g/mol. The van der Waals surface area contributed by atoms with Crippen molar-refractivity contribution < 1.29 is 4.74 Å². The fourth-order valence-electron chi connectivity index (χ4n) is 1.86. The Labute approximate surface area is 101 Å². The van der Waals surface area contributed by atoms with Crippen molar-refractivity contribution >= 4 is 5.82 Å². The van der Waals surface area contributed by atoms with Crippen LogP contribution in [-0.2, 0) is 18.4 Å². The molecule has 0 atom stereocenters. The van der Waals surface area contributed by atoms with E-state index in [2.05, 4.69) is 4.98 Å². The molecule has 0 unspecified atom stereocenters. The predicted octanol–water partition coefficient (Wildman–Crippen LogP) is 2.12. The minimum Gasteiger partial charge on any atom is -0.383 e. The minimum absolute atomic E-state index is 0.561. The average molecular weight is 231 g/mol. The lowest BCUT2D eigenvalue weighted by molar-refractivity contribution is 0.185. The lowest BCUT2D eigenvalue weighted by Gasteiger charge is -2.07. The summed E-state index contributed by atoms with van der Waals surface area (Å²) in [4.78, 5) is 4.51. The Morgan fingerprint density at radius 1 is 1.35 bits per heavy atom. The number of nitrogens with two attached hydrogens (primary N) is 1. The number of hydrogen-bond donors (Lipinski definition) is 1. The highest BCUT2D eigenvalue weighted by Gasteiger charge is 2.13. The predicted molar refractivity (Wildman–Crippen MR) is 68.5 cm³/mol. The van der Waals surface area contributed by atoms with Gasteiger partial charge in [-0.2, -0.15) is 0 Å². The van der Waals surface area contributed by atoms with Crippen LogP contribution in [0.1, 0.15) is 11.4 Å². The van der Waals surface area contributed by atoms with Gasteiger partial charge in [0.05, 0.1) is 6.61 Å². The zero-order valence-electron chi connectivity index (χ0n) is 10.4. The van der Waals surface area contributed by atoms with Crippen LogP contribution in [0.4, 0.5) is 5.82 Å². The number of aryl methyl sites for hydroxylation is 1.